The van der Waals surface area contributed by atoms with Crippen LogP contribution in [0, 0.1) is 18.8 Å². The minimum atomic E-state index is 0.130. The van der Waals surface area contributed by atoms with Gasteiger partial charge in [-0.1, -0.05) is 26.7 Å². The zero-order valence-corrected chi connectivity index (χ0v) is 18.8. The molecule has 0 bridgehead atoms. The maximum Gasteiger partial charge on any atom is 0.230 e. The van der Waals surface area contributed by atoms with Crippen molar-refractivity contribution in [3.05, 3.63) is 35.7 Å². The van der Waals surface area contributed by atoms with Gasteiger partial charge in [0.05, 0.1) is 11.4 Å². The van der Waals surface area contributed by atoms with Crippen molar-refractivity contribution in [3.63, 3.8) is 0 Å². The predicted octanol–water partition coefficient (Wildman–Crippen LogP) is 5.55. The molecule has 6 heteroatoms. The molecule has 28 heavy (non-hydrogen) atoms. The molecule has 1 saturated carbocycles. The fourth-order valence-electron chi connectivity index (χ4n) is 3.69. The van der Waals surface area contributed by atoms with E-state index in [1.807, 2.05) is 19.1 Å². The van der Waals surface area contributed by atoms with Gasteiger partial charge in [-0.15, -0.1) is 23.5 Å². The van der Waals surface area contributed by atoms with E-state index < -0.39 is 0 Å². The SMILES string of the molecule is CSc1ccc(-c2nc(CSCC(=O)N[C@@H]3CCC[C@H](C)[C@@H]3C)c(C)o2)cc1. The Morgan fingerprint density at radius 3 is 2.71 bits per heavy atom. The lowest BCUT2D eigenvalue weighted by Gasteiger charge is -2.34. The summed E-state index contributed by atoms with van der Waals surface area (Å²) in [4.78, 5) is 18.2. The van der Waals surface area contributed by atoms with Gasteiger partial charge in [0.1, 0.15) is 5.76 Å². The number of oxazole rings is 1. The zero-order chi connectivity index (χ0) is 20.1. The first-order chi connectivity index (χ1) is 13.5. The molecule has 1 amide bonds. The van der Waals surface area contributed by atoms with Crippen molar-refractivity contribution in [1.29, 1.82) is 0 Å². The van der Waals surface area contributed by atoms with Crippen LogP contribution in [0.4, 0.5) is 0 Å². The van der Waals surface area contributed by atoms with E-state index in [4.69, 9.17) is 4.42 Å². The van der Waals surface area contributed by atoms with Crippen molar-refractivity contribution in [1.82, 2.24) is 10.3 Å². The highest BCUT2D eigenvalue weighted by Gasteiger charge is 2.28. The minimum absolute atomic E-state index is 0.130. The lowest BCUT2D eigenvalue weighted by molar-refractivity contribution is -0.119. The van der Waals surface area contributed by atoms with Gasteiger partial charge < -0.3 is 9.73 Å². The summed E-state index contributed by atoms with van der Waals surface area (Å²) in [5, 5.41) is 3.24. The van der Waals surface area contributed by atoms with Crippen molar-refractivity contribution in [3.8, 4) is 11.5 Å². The average molecular weight is 419 g/mol. The Labute approximate surface area is 176 Å². The lowest BCUT2D eigenvalue weighted by Crippen LogP contribution is -2.44. The fourth-order valence-corrected chi connectivity index (χ4v) is 4.93. The topological polar surface area (TPSA) is 55.1 Å². The first-order valence-corrected chi connectivity index (χ1v) is 12.3. The maximum absolute atomic E-state index is 12.3. The molecule has 2 aromatic rings. The van der Waals surface area contributed by atoms with Crippen LogP contribution in [0.25, 0.3) is 11.5 Å². The van der Waals surface area contributed by atoms with Crippen molar-refractivity contribution in [2.45, 2.75) is 56.7 Å². The quantitative estimate of drug-likeness (QED) is 0.598. The smallest absolute Gasteiger partial charge is 0.230 e. The summed E-state index contributed by atoms with van der Waals surface area (Å²) >= 11 is 3.31. The van der Waals surface area contributed by atoms with Crippen molar-refractivity contribution in [2.24, 2.45) is 11.8 Å². The molecule has 1 aromatic heterocycles. The second kappa shape index (κ2) is 9.88. The molecule has 0 aliphatic heterocycles. The van der Waals surface area contributed by atoms with Gasteiger partial charge in [0.2, 0.25) is 11.8 Å². The molecule has 0 radical (unpaired) electrons. The minimum Gasteiger partial charge on any atom is -0.441 e. The molecular formula is C22H30N2O2S2. The molecule has 3 atom stereocenters. The van der Waals surface area contributed by atoms with Crippen molar-refractivity contribution >= 4 is 29.4 Å². The van der Waals surface area contributed by atoms with Crippen molar-refractivity contribution < 1.29 is 9.21 Å². The number of rotatable bonds is 7. The number of benzene rings is 1. The highest BCUT2D eigenvalue weighted by molar-refractivity contribution is 7.99. The van der Waals surface area contributed by atoms with Crippen LogP contribution in [0.5, 0.6) is 0 Å². The maximum atomic E-state index is 12.3. The Morgan fingerprint density at radius 2 is 2.00 bits per heavy atom. The van der Waals surface area contributed by atoms with Crippen LogP contribution in [-0.4, -0.2) is 28.9 Å². The summed E-state index contributed by atoms with van der Waals surface area (Å²) in [6.07, 6.45) is 5.65. The van der Waals surface area contributed by atoms with E-state index in [1.54, 1.807) is 23.5 Å². The second-order valence-electron chi connectivity index (χ2n) is 7.68. The number of carbonyl (C=O) groups excluding carboxylic acids is 1. The molecule has 0 spiro atoms. The molecule has 0 unspecified atom stereocenters. The Kier molecular flexibility index (Phi) is 7.52. The Morgan fingerprint density at radius 1 is 1.25 bits per heavy atom. The zero-order valence-electron chi connectivity index (χ0n) is 17.2. The summed E-state index contributed by atoms with van der Waals surface area (Å²) in [5.41, 5.74) is 1.90. The fraction of sp³-hybridized carbons (Fsp3) is 0.545. The van der Waals surface area contributed by atoms with Gasteiger partial charge in [-0.05, 0) is 55.7 Å². The van der Waals surface area contributed by atoms with Crippen LogP contribution in [0.15, 0.2) is 33.6 Å². The largest absolute Gasteiger partial charge is 0.441 e. The van der Waals surface area contributed by atoms with Crippen LogP contribution < -0.4 is 5.32 Å². The van der Waals surface area contributed by atoms with E-state index >= 15 is 0 Å². The number of hydrogen-bond donors (Lipinski definition) is 1. The summed E-state index contributed by atoms with van der Waals surface area (Å²) < 4.78 is 5.85. The number of amides is 1. The number of aryl methyl sites for hydroxylation is 1. The summed E-state index contributed by atoms with van der Waals surface area (Å²) in [6.45, 7) is 6.49. The molecule has 1 N–H and O–H groups in total. The molecular weight excluding hydrogens is 388 g/mol. The van der Waals surface area contributed by atoms with Crippen LogP contribution in [0.3, 0.4) is 0 Å². The number of nitrogens with one attached hydrogen (secondary N) is 1. The van der Waals surface area contributed by atoms with Crippen LogP contribution >= 0.6 is 23.5 Å². The van der Waals surface area contributed by atoms with Crippen LogP contribution in [0.2, 0.25) is 0 Å². The molecule has 152 valence electrons. The average Bonchev–Trinajstić information content (AvgIpc) is 3.06. The Hall–Kier alpha value is -1.40. The molecule has 4 nitrogen and oxygen atoms in total. The molecule has 3 rings (SSSR count). The van der Waals surface area contributed by atoms with E-state index in [0.29, 0.717) is 35.3 Å². The number of aromatic nitrogens is 1. The van der Waals surface area contributed by atoms with Gasteiger partial charge in [0.25, 0.3) is 0 Å². The van der Waals surface area contributed by atoms with Gasteiger partial charge >= 0.3 is 0 Å². The van der Waals surface area contributed by atoms with Crippen LogP contribution in [0.1, 0.15) is 44.6 Å². The first kappa shape index (κ1) is 21.3. The van der Waals surface area contributed by atoms with E-state index in [1.165, 1.54) is 17.7 Å². The Bertz CT molecular complexity index is 788. The molecule has 0 saturated heterocycles. The van der Waals surface area contributed by atoms with E-state index in [0.717, 1.165) is 23.4 Å². The first-order valence-electron chi connectivity index (χ1n) is 9.95. The van der Waals surface area contributed by atoms with Gasteiger partial charge in [-0.2, -0.15) is 0 Å². The van der Waals surface area contributed by atoms with Gasteiger partial charge in [0.15, 0.2) is 0 Å². The summed E-state index contributed by atoms with van der Waals surface area (Å²) in [7, 11) is 0. The monoisotopic (exact) mass is 418 g/mol. The van der Waals surface area contributed by atoms with Gasteiger partial charge in [-0.25, -0.2) is 4.98 Å². The van der Waals surface area contributed by atoms with E-state index in [-0.39, 0.29) is 5.91 Å². The van der Waals surface area contributed by atoms with Gasteiger partial charge in [0, 0.05) is 22.3 Å². The predicted molar refractivity (Wildman–Crippen MR) is 119 cm³/mol. The van der Waals surface area contributed by atoms with E-state index in [2.05, 4.69) is 42.5 Å². The number of nitrogens with zero attached hydrogens (tertiary/aromatic N) is 1. The number of carbonyl (C=O) groups is 1. The molecule has 1 aliphatic rings. The standard InChI is InChI=1S/C22H30N2O2S2/c1-14-6-5-7-19(15(14)2)23-21(25)13-28-12-20-16(3)26-22(24-20)17-8-10-18(27-4)11-9-17/h8-11,14-15,19H,5-7,12-13H2,1-4H3,(H,23,25)/t14-,15-,19+/m0/s1. The second-order valence-corrected chi connectivity index (χ2v) is 9.55. The molecule has 1 aliphatic carbocycles. The van der Waals surface area contributed by atoms with Crippen LogP contribution in [-0.2, 0) is 10.5 Å². The third-order valence-electron chi connectivity index (χ3n) is 5.75. The number of thioether (sulfide) groups is 2. The highest BCUT2D eigenvalue weighted by atomic mass is 32.2. The lowest BCUT2D eigenvalue weighted by atomic mass is 9.78. The third kappa shape index (κ3) is 5.35. The van der Waals surface area contributed by atoms with Gasteiger partial charge in [-0.3, -0.25) is 4.79 Å². The summed E-state index contributed by atoms with van der Waals surface area (Å²) in [5.74, 6) is 3.99. The van der Waals surface area contributed by atoms with E-state index in [9.17, 15) is 4.79 Å². The molecule has 1 fully saturated rings. The number of hydrogen-bond acceptors (Lipinski definition) is 5. The summed E-state index contributed by atoms with van der Waals surface area (Å²) in [6, 6.07) is 8.54. The molecule has 1 heterocycles. The normalized spacial score (nSPS) is 22.2. The Balaban J connectivity index is 1.50. The third-order valence-corrected chi connectivity index (χ3v) is 7.44. The molecule has 1 aromatic carbocycles. The highest BCUT2D eigenvalue weighted by Crippen LogP contribution is 2.30. The van der Waals surface area contributed by atoms with Crippen molar-refractivity contribution in [2.75, 3.05) is 12.0 Å².